The average molecular weight is 220 g/mol. The van der Waals surface area contributed by atoms with Crippen LogP contribution in [0.3, 0.4) is 0 Å². The first kappa shape index (κ1) is 12.9. The number of Topliss-reactive ketones (excluding diaryl/α,β-unsaturated/α-hetero) is 1. The number of unbranched alkanes of at least 4 members (excludes halogenated alkanes) is 2. The van der Waals surface area contributed by atoms with Crippen LogP contribution in [0.4, 0.5) is 0 Å². The van der Waals surface area contributed by atoms with E-state index in [2.05, 4.69) is 6.92 Å². The monoisotopic (exact) mass is 220 g/mol. The summed E-state index contributed by atoms with van der Waals surface area (Å²) in [6.45, 7) is 4.65. The van der Waals surface area contributed by atoms with Crippen molar-refractivity contribution in [1.82, 2.24) is 0 Å². The minimum absolute atomic E-state index is 0.0668. The molecule has 0 N–H and O–H groups in total. The maximum atomic E-state index is 11.9. The number of benzene rings is 1. The van der Waals surface area contributed by atoms with Gasteiger partial charge >= 0.3 is 0 Å². The average Bonchev–Trinajstić information content (AvgIpc) is 2.34. The van der Waals surface area contributed by atoms with Crippen LogP contribution in [0, 0.1) is 0 Å². The fourth-order valence-corrected chi connectivity index (χ4v) is 1.52. The topological polar surface area (TPSA) is 26.3 Å². The molecule has 1 rings (SSSR count). The Morgan fingerprint density at radius 3 is 2.56 bits per heavy atom. The van der Waals surface area contributed by atoms with Crippen LogP contribution in [0.2, 0.25) is 0 Å². The summed E-state index contributed by atoms with van der Waals surface area (Å²) in [6.07, 6.45) is 3.03. The molecule has 0 heterocycles. The number of ether oxygens (including phenoxy) is 1. The molecular formula is C14H20O2. The molecule has 0 fully saturated rings. The van der Waals surface area contributed by atoms with Crippen molar-refractivity contribution in [3.63, 3.8) is 0 Å². The van der Waals surface area contributed by atoms with Crippen molar-refractivity contribution in [3.05, 3.63) is 35.9 Å². The van der Waals surface area contributed by atoms with Crippen LogP contribution in [-0.4, -0.2) is 18.5 Å². The van der Waals surface area contributed by atoms with Crippen LogP contribution in [0.25, 0.3) is 0 Å². The maximum Gasteiger partial charge on any atom is 0.191 e. The molecular weight excluding hydrogens is 200 g/mol. The smallest absolute Gasteiger partial charge is 0.191 e. The maximum absolute atomic E-state index is 11.9. The summed E-state index contributed by atoms with van der Waals surface area (Å²) in [5, 5.41) is 0. The number of ketones is 1. The highest BCUT2D eigenvalue weighted by molar-refractivity contribution is 5.99. The summed E-state index contributed by atoms with van der Waals surface area (Å²) >= 11 is 0. The van der Waals surface area contributed by atoms with Gasteiger partial charge in [-0.05, 0) is 13.3 Å². The third-order valence-electron chi connectivity index (χ3n) is 2.54. The summed E-state index contributed by atoms with van der Waals surface area (Å²) in [4.78, 5) is 11.9. The molecule has 0 bridgehead atoms. The Morgan fingerprint density at radius 1 is 1.25 bits per heavy atom. The number of rotatable bonds is 7. The van der Waals surface area contributed by atoms with Crippen LogP contribution in [0.1, 0.15) is 43.5 Å². The van der Waals surface area contributed by atoms with Gasteiger partial charge in [0.05, 0.1) is 0 Å². The third-order valence-corrected chi connectivity index (χ3v) is 2.54. The first-order chi connectivity index (χ1) is 7.75. The molecule has 1 aromatic carbocycles. The van der Waals surface area contributed by atoms with Crippen LogP contribution in [0.5, 0.6) is 0 Å². The SMILES string of the molecule is CCCCCOC(C)C(=O)c1ccccc1. The van der Waals surface area contributed by atoms with Crippen LogP contribution in [-0.2, 0) is 4.74 Å². The van der Waals surface area contributed by atoms with E-state index in [0.717, 1.165) is 18.4 Å². The van der Waals surface area contributed by atoms with Crippen molar-refractivity contribution in [2.75, 3.05) is 6.61 Å². The quantitative estimate of drug-likeness (QED) is 0.519. The van der Waals surface area contributed by atoms with E-state index in [4.69, 9.17) is 4.74 Å². The van der Waals surface area contributed by atoms with E-state index in [0.29, 0.717) is 6.61 Å². The highest BCUT2D eigenvalue weighted by atomic mass is 16.5. The van der Waals surface area contributed by atoms with Gasteiger partial charge in [0.25, 0.3) is 0 Å². The van der Waals surface area contributed by atoms with Crippen molar-refractivity contribution in [2.45, 2.75) is 39.2 Å². The van der Waals surface area contributed by atoms with E-state index in [1.165, 1.54) is 6.42 Å². The van der Waals surface area contributed by atoms with Gasteiger partial charge in [0.2, 0.25) is 0 Å². The first-order valence-corrected chi connectivity index (χ1v) is 5.96. The Hall–Kier alpha value is -1.15. The molecule has 0 spiro atoms. The fourth-order valence-electron chi connectivity index (χ4n) is 1.52. The van der Waals surface area contributed by atoms with Crippen molar-refractivity contribution in [1.29, 1.82) is 0 Å². The van der Waals surface area contributed by atoms with Gasteiger partial charge in [0, 0.05) is 12.2 Å². The van der Waals surface area contributed by atoms with Gasteiger partial charge in [-0.25, -0.2) is 0 Å². The van der Waals surface area contributed by atoms with Crippen molar-refractivity contribution in [2.24, 2.45) is 0 Å². The van der Waals surface area contributed by atoms with E-state index in [-0.39, 0.29) is 11.9 Å². The second kappa shape index (κ2) is 7.18. The van der Waals surface area contributed by atoms with Crippen LogP contribution >= 0.6 is 0 Å². The lowest BCUT2D eigenvalue weighted by Crippen LogP contribution is -2.21. The molecule has 1 aromatic rings. The summed E-state index contributed by atoms with van der Waals surface area (Å²) in [6, 6.07) is 9.31. The molecule has 0 saturated carbocycles. The van der Waals surface area contributed by atoms with Crippen molar-refractivity contribution < 1.29 is 9.53 Å². The zero-order valence-corrected chi connectivity index (χ0v) is 10.1. The standard InChI is InChI=1S/C14H20O2/c1-3-4-8-11-16-12(2)14(15)13-9-6-5-7-10-13/h5-7,9-10,12H,3-4,8,11H2,1-2H3. The lowest BCUT2D eigenvalue weighted by atomic mass is 10.1. The molecule has 0 saturated heterocycles. The van der Waals surface area contributed by atoms with Crippen molar-refractivity contribution in [3.8, 4) is 0 Å². The van der Waals surface area contributed by atoms with Gasteiger partial charge in [-0.1, -0.05) is 50.1 Å². The molecule has 0 radical (unpaired) electrons. The Bertz CT molecular complexity index is 306. The Labute approximate surface area is 97.6 Å². The van der Waals surface area contributed by atoms with Crippen molar-refractivity contribution >= 4 is 5.78 Å². The molecule has 0 amide bonds. The predicted molar refractivity (Wildman–Crippen MR) is 65.7 cm³/mol. The third kappa shape index (κ3) is 4.15. The molecule has 16 heavy (non-hydrogen) atoms. The largest absolute Gasteiger partial charge is 0.370 e. The Morgan fingerprint density at radius 2 is 1.94 bits per heavy atom. The zero-order valence-electron chi connectivity index (χ0n) is 10.1. The molecule has 1 atom stereocenters. The first-order valence-electron chi connectivity index (χ1n) is 5.96. The molecule has 0 aliphatic rings. The second-order valence-electron chi connectivity index (χ2n) is 3.95. The van der Waals surface area contributed by atoms with E-state index >= 15 is 0 Å². The van der Waals surface area contributed by atoms with Gasteiger partial charge in [-0.15, -0.1) is 0 Å². The lowest BCUT2D eigenvalue weighted by molar-refractivity contribution is 0.0465. The zero-order chi connectivity index (χ0) is 11.8. The minimum Gasteiger partial charge on any atom is -0.370 e. The summed E-state index contributed by atoms with van der Waals surface area (Å²) < 4.78 is 5.51. The summed E-state index contributed by atoms with van der Waals surface area (Å²) in [5.41, 5.74) is 0.727. The number of hydrogen-bond donors (Lipinski definition) is 0. The predicted octanol–water partition coefficient (Wildman–Crippen LogP) is 3.46. The molecule has 88 valence electrons. The molecule has 2 heteroatoms. The molecule has 0 aromatic heterocycles. The van der Waals surface area contributed by atoms with E-state index < -0.39 is 0 Å². The van der Waals surface area contributed by atoms with Gasteiger partial charge in [-0.3, -0.25) is 4.79 Å². The van der Waals surface area contributed by atoms with Crippen LogP contribution in [0.15, 0.2) is 30.3 Å². The fraction of sp³-hybridized carbons (Fsp3) is 0.500. The van der Waals surface area contributed by atoms with Gasteiger partial charge in [0.15, 0.2) is 5.78 Å². The normalized spacial score (nSPS) is 12.4. The Kier molecular flexibility index (Phi) is 5.79. The molecule has 2 nitrogen and oxygen atoms in total. The number of carbonyl (C=O) groups excluding carboxylic acids is 1. The molecule has 0 aliphatic carbocycles. The Balaban J connectivity index is 2.37. The second-order valence-corrected chi connectivity index (χ2v) is 3.95. The van der Waals surface area contributed by atoms with Crippen LogP contribution < -0.4 is 0 Å². The molecule has 0 aliphatic heterocycles. The number of carbonyl (C=O) groups is 1. The minimum atomic E-state index is -0.334. The molecule has 1 unspecified atom stereocenters. The van der Waals surface area contributed by atoms with Gasteiger partial charge in [0.1, 0.15) is 6.10 Å². The van der Waals surface area contributed by atoms with Gasteiger partial charge < -0.3 is 4.74 Å². The van der Waals surface area contributed by atoms with Gasteiger partial charge in [-0.2, -0.15) is 0 Å². The highest BCUT2D eigenvalue weighted by Crippen LogP contribution is 2.07. The lowest BCUT2D eigenvalue weighted by Gasteiger charge is -2.11. The van der Waals surface area contributed by atoms with E-state index in [1.807, 2.05) is 37.3 Å². The number of hydrogen-bond acceptors (Lipinski definition) is 2. The highest BCUT2D eigenvalue weighted by Gasteiger charge is 2.14. The summed E-state index contributed by atoms with van der Waals surface area (Å²) in [7, 11) is 0. The van der Waals surface area contributed by atoms with E-state index in [1.54, 1.807) is 0 Å². The van der Waals surface area contributed by atoms with E-state index in [9.17, 15) is 4.79 Å². The summed E-state index contributed by atoms with van der Waals surface area (Å²) in [5.74, 6) is 0.0668.